The SMILES string of the molecule is CC(Sc1ncnc2c1sc1nc(N3CCOCC3)c3c(c12)CC(C)(C)OC3)C(=O)O. The van der Waals surface area contributed by atoms with E-state index in [-0.39, 0.29) is 5.60 Å². The molecule has 3 aromatic rings. The number of carboxylic acid groups (broad SMARTS) is 1. The van der Waals surface area contributed by atoms with Crippen molar-refractivity contribution in [1.82, 2.24) is 15.0 Å². The summed E-state index contributed by atoms with van der Waals surface area (Å²) in [5.41, 5.74) is 2.93. The number of carbonyl (C=O) groups is 1. The normalized spacial score (nSPS) is 19.5. The van der Waals surface area contributed by atoms with E-state index in [1.165, 1.54) is 23.7 Å². The minimum Gasteiger partial charge on any atom is -0.480 e. The van der Waals surface area contributed by atoms with Crippen LogP contribution in [-0.4, -0.2) is 63.2 Å². The predicted molar refractivity (Wildman–Crippen MR) is 121 cm³/mol. The standard InChI is InChI=1S/C21H24N4O4S2/c1-11(20(26)27)30-19-16-15(22-10-23-19)14-12-8-21(2,3)29-9-13(12)17(24-18(14)31-16)25-4-6-28-7-5-25/h10-11H,4-9H2,1-3H3,(H,26,27). The highest BCUT2D eigenvalue weighted by Gasteiger charge is 2.33. The Morgan fingerprint density at radius 1 is 1.29 bits per heavy atom. The number of thiophene rings is 1. The van der Waals surface area contributed by atoms with Gasteiger partial charge in [0, 0.05) is 30.5 Å². The number of anilines is 1. The lowest BCUT2D eigenvalue weighted by molar-refractivity contribution is -0.136. The second kappa shape index (κ2) is 7.84. The molecule has 0 bridgehead atoms. The van der Waals surface area contributed by atoms with Crippen molar-refractivity contribution in [1.29, 1.82) is 0 Å². The van der Waals surface area contributed by atoms with Crippen molar-refractivity contribution >= 4 is 55.3 Å². The van der Waals surface area contributed by atoms with Gasteiger partial charge in [0.25, 0.3) is 0 Å². The fourth-order valence-corrected chi connectivity index (χ4v) is 6.16. The molecule has 31 heavy (non-hydrogen) atoms. The number of morpholine rings is 1. The first-order valence-corrected chi connectivity index (χ1v) is 12.0. The van der Waals surface area contributed by atoms with Crippen LogP contribution in [0.4, 0.5) is 5.82 Å². The summed E-state index contributed by atoms with van der Waals surface area (Å²) in [5, 5.41) is 10.5. The van der Waals surface area contributed by atoms with Crippen molar-refractivity contribution in [3.63, 3.8) is 0 Å². The molecule has 0 spiro atoms. The van der Waals surface area contributed by atoms with E-state index in [0.717, 1.165) is 51.3 Å². The third-order valence-corrected chi connectivity index (χ3v) is 8.02. The molecule has 1 N–H and O–H groups in total. The smallest absolute Gasteiger partial charge is 0.316 e. The van der Waals surface area contributed by atoms with Gasteiger partial charge in [-0.2, -0.15) is 0 Å². The third-order valence-electron chi connectivity index (χ3n) is 5.72. The van der Waals surface area contributed by atoms with E-state index in [2.05, 4.69) is 28.7 Å². The lowest BCUT2D eigenvalue weighted by Crippen LogP contribution is -2.39. The van der Waals surface area contributed by atoms with Crippen LogP contribution in [0.15, 0.2) is 11.4 Å². The van der Waals surface area contributed by atoms with E-state index in [1.54, 1.807) is 18.3 Å². The summed E-state index contributed by atoms with van der Waals surface area (Å²) in [7, 11) is 0. The van der Waals surface area contributed by atoms with Gasteiger partial charge in [-0.15, -0.1) is 11.3 Å². The van der Waals surface area contributed by atoms with Crippen molar-refractivity contribution in [2.75, 3.05) is 31.2 Å². The number of nitrogens with zero attached hydrogens (tertiary/aromatic N) is 4. The van der Waals surface area contributed by atoms with Gasteiger partial charge in [0.2, 0.25) is 0 Å². The van der Waals surface area contributed by atoms with E-state index >= 15 is 0 Å². The van der Waals surface area contributed by atoms with Gasteiger partial charge < -0.3 is 19.5 Å². The van der Waals surface area contributed by atoms with Gasteiger partial charge in [0.05, 0.1) is 35.6 Å². The maximum Gasteiger partial charge on any atom is 0.316 e. The average Bonchev–Trinajstić information content (AvgIpc) is 3.13. The second-order valence-electron chi connectivity index (χ2n) is 8.45. The van der Waals surface area contributed by atoms with Crippen LogP contribution >= 0.6 is 23.1 Å². The highest BCUT2D eigenvalue weighted by atomic mass is 32.2. The van der Waals surface area contributed by atoms with Gasteiger partial charge in [0.1, 0.15) is 27.3 Å². The van der Waals surface area contributed by atoms with Crippen LogP contribution in [-0.2, 0) is 27.3 Å². The summed E-state index contributed by atoms with van der Waals surface area (Å²) in [4.78, 5) is 28.7. The maximum atomic E-state index is 11.4. The van der Waals surface area contributed by atoms with E-state index < -0.39 is 11.2 Å². The van der Waals surface area contributed by atoms with E-state index in [0.29, 0.717) is 24.8 Å². The van der Waals surface area contributed by atoms with Crippen LogP contribution in [0, 0.1) is 0 Å². The molecule has 0 radical (unpaired) electrons. The third kappa shape index (κ3) is 3.75. The van der Waals surface area contributed by atoms with Crippen LogP contribution < -0.4 is 4.90 Å². The molecular weight excluding hydrogens is 436 g/mol. The minimum absolute atomic E-state index is 0.278. The number of ether oxygens (including phenoxy) is 2. The van der Waals surface area contributed by atoms with E-state index in [9.17, 15) is 9.90 Å². The number of carboxylic acids is 1. The molecular formula is C21H24N4O4S2. The molecule has 0 saturated carbocycles. The molecule has 1 fully saturated rings. The number of aliphatic carboxylic acids is 1. The molecule has 1 atom stereocenters. The quantitative estimate of drug-likeness (QED) is 0.463. The predicted octanol–water partition coefficient (Wildman–Crippen LogP) is 3.49. The summed E-state index contributed by atoms with van der Waals surface area (Å²) in [6, 6.07) is 0. The molecule has 2 aliphatic heterocycles. The Morgan fingerprint density at radius 2 is 2.06 bits per heavy atom. The maximum absolute atomic E-state index is 11.4. The molecule has 0 aliphatic carbocycles. The molecule has 8 nitrogen and oxygen atoms in total. The molecule has 5 heterocycles. The Kier molecular flexibility index (Phi) is 5.28. The van der Waals surface area contributed by atoms with Gasteiger partial charge in [-0.25, -0.2) is 15.0 Å². The van der Waals surface area contributed by atoms with Gasteiger partial charge in [-0.3, -0.25) is 4.79 Å². The lowest BCUT2D eigenvalue weighted by atomic mass is 9.90. The zero-order chi connectivity index (χ0) is 21.8. The van der Waals surface area contributed by atoms with Crippen LogP contribution in [0.2, 0.25) is 0 Å². The Bertz CT molecular complexity index is 1170. The van der Waals surface area contributed by atoms with Crippen molar-refractivity contribution in [2.45, 2.75) is 49.7 Å². The fourth-order valence-electron chi connectivity index (χ4n) is 4.11. The number of hydrogen-bond acceptors (Lipinski definition) is 9. The molecule has 10 heteroatoms. The molecule has 164 valence electrons. The summed E-state index contributed by atoms with van der Waals surface area (Å²) in [6.45, 7) is 9.38. The highest BCUT2D eigenvalue weighted by Crippen LogP contribution is 2.44. The van der Waals surface area contributed by atoms with Crippen LogP contribution in [0.3, 0.4) is 0 Å². The van der Waals surface area contributed by atoms with Crippen molar-refractivity contribution in [3.8, 4) is 0 Å². The molecule has 2 aliphatic rings. The van der Waals surface area contributed by atoms with E-state index in [1.807, 2.05) is 0 Å². The van der Waals surface area contributed by atoms with Crippen LogP contribution in [0.1, 0.15) is 31.9 Å². The molecule has 3 aromatic heterocycles. The fraction of sp³-hybridized carbons (Fsp3) is 0.524. The average molecular weight is 461 g/mol. The Balaban J connectivity index is 1.73. The first-order chi connectivity index (χ1) is 14.8. The summed E-state index contributed by atoms with van der Waals surface area (Å²) >= 11 is 2.79. The zero-order valence-electron chi connectivity index (χ0n) is 17.7. The molecule has 1 saturated heterocycles. The van der Waals surface area contributed by atoms with Gasteiger partial charge in [-0.05, 0) is 26.3 Å². The zero-order valence-corrected chi connectivity index (χ0v) is 19.3. The summed E-state index contributed by atoms with van der Waals surface area (Å²) in [5.74, 6) is 0.107. The largest absolute Gasteiger partial charge is 0.480 e. The highest BCUT2D eigenvalue weighted by molar-refractivity contribution is 8.00. The number of hydrogen-bond donors (Lipinski definition) is 1. The molecule has 0 amide bonds. The van der Waals surface area contributed by atoms with Crippen molar-refractivity contribution in [3.05, 3.63) is 17.5 Å². The van der Waals surface area contributed by atoms with Crippen LogP contribution in [0.5, 0.6) is 0 Å². The van der Waals surface area contributed by atoms with Crippen LogP contribution in [0.25, 0.3) is 20.4 Å². The Morgan fingerprint density at radius 3 is 2.81 bits per heavy atom. The minimum atomic E-state index is -0.859. The first-order valence-electron chi connectivity index (χ1n) is 10.3. The molecule has 0 aromatic carbocycles. The monoisotopic (exact) mass is 460 g/mol. The Labute approximate surface area is 188 Å². The number of thioether (sulfide) groups is 1. The number of pyridine rings is 1. The Hall–Kier alpha value is -2.01. The number of rotatable bonds is 4. The second-order valence-corrected chi connectivity index (χ2v) is 10.8. The van der Waals surface area contributed by atoms with Gasteiger partial charge in [-0.1, -0.05) is 11.8 Å². The topological polar surface area (TPSA) is 97.7 Å². The van der Waals surface area contributed by atoms with Crippen molar-refractivity contribution < 1.29 is 19.4 Å². The number of fused-ring (bicyclic) bond motifs is 5. The molecule has 1 unspecified atom stereocenters. The van der Waals surface area contributed by atoms with Gasteiger partial charge >= 0.3 is 5.97 Å². The van der Waals surface area contributed by atoms with Crippen molar-refractivity contribution in [2.24, 2.45) is 0 Å². The number of aromatic nitrogens is 3. The van der Waals surface area contributed by atoms with E-state index in [4.69, 9.17) is 14.5 Å². The molecule has 5 rings (SSSR count). The first kappa shape index (κ1) is 20.9. The van der Waals surface area contributed by atoms with Gasteiger partial charge in [0.15, 0.2) is 0 Å². The lowest BCUT2D eigenvalue weighted by Gasteiger charge is -2.36. The summed E-state index contributed by atoms with van der Waals surface area (Å²) < 4.78 is 12.6. The summed E-state index contributed by atoms with van der Waals surface area (Å²) in [6.07, 6.45) is 2.29.